The minimum Gasteiger partial charge on any atom is -0.358 e. The van der Waals surface area contributed by atoms with Crippen LogP contribution in [-0.2, 0) is 39.1 Å². The van der Waals surface area contributed by atoms with Crippen LogP contribution in [0.3, 0.4) is 0 Å². The number of hydrogen-bond acceptors (Lipinski definition) is 3. The first-order valence-corrected chi connectivity index (χ1v) is 4.20. The molecule has 5 heteroatoms. The largest absolute Gasteiger partial charge is 0.358 e. The van der Waals surface area contributed by atoms with E-state index in [1.54, 1.807) is 18.0 Å². The van der Waals surface area contributed by atoms with Gasteiger partial charge in [-0.3, -0.25) is 5.21 Å². The number of rotatable bonds is 3. The van der Waals surface area contributed by atoms with Gasteiger partial charge in [0.1, 0.15) is 0 Å². The minimum absolute atomic E-state index is 0. The molecule has 11 heavy (non-hydrogen) atoms. The maximum atomic E-state index is 3.77. The number of hydrogen-bond donors (Lipinski definition) is 0. The summed E-state index contributed by atoms with van der Waals surface area (Å²) in [7, 11) is 0. The van der Waals surface area contributed by atoms with Gasteiger partial charge in [-0.2, -0.15) is 0 Å². The van der Waals surface area contributed by atoms with Crippen LogP contribution in [-0.4, -0.2) is 16.6 Å². The van der Waals surface area contributed by atoms with Crippen molar-refractivity contribution in [3.63, 3.8) is 0 Å². The second kappa shape index (κ2) is 7.01. The Kier molecular flexibility index (Phi) is 7.22. The van der Waals surface area contributed by atoms with Crippen LogP contribution in [0.1, 0.15) is 5.69 Å². The molecule has 1 aromatic heterocycles. The van der Waals surface area contributed by atoms with E-state index in [2.05, 4.69) is 15.4 Å². The molecule has 0 aliphatic carbocycles. The standard InChI is InChI=1S/C6H8N3S.Y/c1-10-4-2-3-6-5-7-9-8-6;/h2,4-5H,3H2,1H3;/q-1;/b4-2+;. The molecular formula is C6H8N3SY-. The molecule has 0 atom stereocenters. The van der Waals surface area contributed by atoms with Crippen LogP contribution in [0, 0.1) is 0 Å². The van der Waals surface area contributed by atoms with Gasteiger partial charge in [0, 0.05) is 32.7 Å². The second-order valence-electron chi connectivity index (χ2n) is 1.74. The summed E-state index contributed by atoms with van der Waals surface area (Å²) in [5.41, 5.74) is 0.922. The molecule has 0 aromatic carbocycles. The first kappa shape index (κ1) is 11.3. The predicted octanol–water partition coefficient (Wildman–Crippen LogP) is 0.851. The van der Waals surface area contributed by atoms with Gasteiger partial charge in [0.15, 0.2) is 0 Å². The van der Waals surface area contributed by atoms with Crippen molar-refractivity contribution in [2.24, 2.45) is 0 Å². The topological polar surface area (TPSA) is 39.9 Å². The Morgan fingerprint density at radius 1 is 1.73 bits per heavy atom. The summed E-state index contributed by atoms with van der Waals surface area (Å²) in [5.74, 6) is 0. The SMILES string of the molecule is CS/C=C/Cc1c[n-]nn1.[Y]. The quantitative estimate of drug-likeness (QED) is 0.789. The molecule has 0 unspecified atom stereocenters. The summed E-state index contributed by atoms with van der Waals surface area (Å²) < 4.78 is 0. The van der Waals surface area contributed by atoms with Crippen molar-refractivity contribution in [3.8, 4) is 0 Å². The van der Waals surface area contributed by atoms with E-state index in [-0.39, 0.29) is 32.7 Å². The van der Waals surface area contributed by atoms with Crippen LogP contribution in [0.2, 0.25) is 0 Å². The summed E-state index contributed by atoms with van der Waals surface area (Å²) >= 11 is 1.67. The fraction of sp³-hybridized carbons (Fsp3) is 0.333. The van der Waals surface area contributed by atoms with Crippen molar-refractivity contribution in [1.29, 1.82) is 0 Å². The van der Waals surface area contributed by atoms with Crippen LogP contribution in [0.15, 0.2) is 17.7 Å². The summed E-state index contributed by atoms with van der Waals surface area (Å²) in [5, 5.41) is 12.8. The Morgan fingerprint density at radius 3 is 3.09 bits per heavy atom. The normalized spacial score (nSPS) is 9.91. The molecule has 0 spiro atoms. The van der Waals surface area contributed by atoms with Gasteiger partial charge in [-0.15, -0.1) is 11.8 Å². The number of aromatic nitrogens is 3. The number of allylic oxidation sites excluding steroid dienone is 1. The van der Waals surface area contributed by atoms with E-state index in [1.807, 2.05) is 17.7 Å². The first-order chi connectivity index (χ1) is 4.93. The smallest absolute Gasteiger partial charge is 0 e. The molecule has 0 saturated carbocycles. The maximum absolute atomic E-state index is 3.77. The van der Waals surface area contributed by atoms with E-state index >= 15 is 0 Å². The zero-order chi connectivity index (χ0) is 7.23. The van der Waals surface area contributed by atoms with E-state index in [0.29, 0.717) is 0 Å². The molecule has 0 fully saturated rings. The van der Waals surface area contributed by atoms with Crippen molar-refractivity contribution < 1.29 is 32.7 Å². The zero-order valence-electron chi connectivity index (χ0n) is 6.27. The zero-order valence-corrected chi connectivity index (χ0v) is 9.92. The van der Waals surface area contributed by atoms with Gasteiger partial charge < -0.3 is 10.2 Å². The van der Waals surface area contributed by atoms with Crippen molar-refractivity contribution in [3.05, 3.63) is 23.4 Å². The van der Waals surface area contributed by atoms with Gasteiger partial charge in [0.2, 0.25) is 0 Å². The molecule has 0 amide bonds. The van der Waals surface area contributed by atoms with Crippen molar-refractivity contribution in [2.45, 2.75) is 6.42 Å². The summed E-state index contributed by atoms with van der Waals surface area (Å²) in [4.78, 5) is 0. The summed E-state index contributed by atoms with van der Waals surface area (Å²) in [6.07, 6.45) is 6.56. The molecule has 0 bridgehead atoms. The number of nitrogens with zero attached hydrogens (tertiary/aromatic N) is 3. The average Bonchev–Trinajstić information content (AvgIpc) is 2.41. The molecular weight excluding hydrogens is 235 g/mol. The molecule has 1 rings (SSSR count). The summed E-state index contributed by atoms with van der Waals surface area (Å²) in [6, 6.07) is 0. The number of thioether (sulfide) groups is 1. The fourth-order valence-electron chi connectivity index (χ4n) is 0.560. The average molecular weight is 243 g/mol. The summed E-state index contributed by atoms with van der Waals surface area (Å²) in [6.45, 7) is 0. The minimum atomic E-state index is 0. The monoisotopic (exact) mass is 243 g/mol. The fourth-order valence-corrected chi connectivity index (χ4v) is 0.849. The van der Waals surface area contributed by atoms with Crippen LogP contribution in [0.5, 0.6) is 0 Å². The molecule has 1 radical (unpaired) electrons. The molecule has 0 aliphatic rings. The molecule has 3 nitrogen and oxygen atoms in total. The van der Waals surface area contributed by atoms with Crippen LogP contribution in [0.25, 0.3) is 0 Å². The van der Waals surface area contributed by atoms with Gasteiger partial charge in [-0.05, 0) is 23.8 Å². The second-order valence-corrected chi connectivity index (χ2v) is 2.48. The van der Waals surface area contributed by atoms with E-state index in [9.17, 15) is 0 Å². The Morgan fingerprint density at radius 2 is 2.55 bits per heavy atom. The molecule has 57 valence electrons. The van der Waals surface area contributed by atoms with Crippen LogP contribution >= 0.6 is 11.8 Å². The van der Waals surface area contributed by atoms with E-state index in [1.165, 1.54) is 0 Å². The molecule has 0 N–H and O–H groups in total. The Hall–Kier alpha value is 0.334. The van der Waals surface area contributed by atoms with E-state index in [0.717, 1.165) is 12.1 Å². The third-order valence-electron chi connectivity index (χ3n) is 0.991. The first-order valence-electron chi connectivity index (χ1n) is 2.91. The van der Waals surface area contributed by atoms with Crippen molar-refractivity contribution in [1.82, 2.24) is 15.4 Å². The maximum Gasteiger partial charge on any atom is 0 e. The molecule has 0 saturated heterocycles. The van der Waals surface area contributed by atoms with Crippen molar-refractivity contribution in [2.75, 3.05) is 6.26 Å². The van der Waals surface area contributed by atoms with Crippen LogP contribution in [0.4, 0.5) is 0 Å². The predicted molar refractivity (Wildman–Crippen MR) is 41.7 cm³/mol. The Balaban J connectivity index is 0.000001000. The van der Waals surface area contributed by atoms with Gasteiger partial charge >= 0.3 is 0 Å². The van der Waals surface area contributed by atoms with Crippen molar-refractivity contribution >= 4 is 11.8 Å². The van der Waals surface area contributed by atoms with Gasteiger partial charge in [0.25, 0.3) is 0 Å². The molecule has 1 aromatic rings. The van der Waals surface area contributed by atoms with Gasteiger partial charge in [-0.25, -0.2) is 0 Å². The van der Waals surface area contributed by atoms with E-state index < -0.39 is 0 Å². The third kappa shape index (κ3) is 4.72. The van der Waals surface area contributed by atoms with Gasteiger partial charge in [-0.1, -0.05) is 12.3 Å². The Labute approximate surface area is 95.3 Å². The Bertz CT molecular complexity index is 198. The molecule has 1 heterocycles. The third-order valence-corrected chi connectivity index (χ3v) is 1.46. The van der Waals surface area contributed by atoms with Gasteiger partial charge in [0.05, 0.1) is 0 Å². The van der Waals surface area contributed by atoms with Crippen LogP contribution < -0.4 is 5.10 Å². The molecule has 0 aliphatic heterocycles. The van der Waals surface area contributed by atoms with E-state index in [4.69, 9.17) is 0 Å².